The van der Waals surface area contributed by atoms with E-state index in [1.165, 1.54) is 18.2 Å². The first-order valence-electron chi connectivity index (χ1n) is 12.7. The van der Waals surface area contributed by atoms with Gasteiger partial charge >= 0.3 is 6.18 Å². The van der Waals surface area contributed by atoms with Crippen molar-refractivity contribution in [2.24, 2.45) is 0 Å². The molecule has 1 saturated heterocycles. The Morgan fingerprint density at radius 3 is 2.41 bits per heavy atom. The Hall–Kier alpha value is -2.60. The third-order valence-electron chi connectivity index (χ3n) is 6.70. The van der Waals surface area contributed by atoms with Crippen molar-refractivity contribution in [2.45, 2.75) is 95.7 Å². The van der Waals surface area contributed by atoms with Crippen LogP contribution in [0.1, 0.15) is 57.2 Å². The molecule has 0 unspecified atom stereocenters. The van der Waals surface area contributed by atoms with Gasteiger partial charge in [-0.05, 0) is 63.1 Å². The van der Waals surface area contributed by atoms with Crippen LogP contribution >= 0.6 is 0 Å². The number of fused-ring (bicyclic) bond motifs is 1. The zero-order chi connectivity index (χ0) is 28.6. The van der Waals surface area contributed by atoms with E-state index in [0.29, 0.717) is 5.56 Å². The molecule has 1 aliphatic heterocycles. The Labute approximate surface area is 223 Å². The molecule has 39 heavy (non-hydrogen) atoms. The summed E-state index contributed by atoms with van der Waals surface area (Å²) in [5, 5.41) is 2.85. The predicted octanol–water partition coefficient (Wildman–Crippen LogP) is 5.66. The maximum atomic E-state index is 13.8. The second kappa shape index (κ2) is 11.1. The number of hydrogen-bond acceptors (Lipinski definition) is 5. The monoisotopic (exact) mass is 557 g/mol. The number of ether oxygens (including phenoxy) is 4. The van der Waals surface area contributed by atoms with Crippen LogP contribution in [0.25, 0.3) is 0 Å². The normalized spacial score (nSPS) is 26.5. The van der Waals surface area contributed by atoms with E-state index in [4.69, 9.17) is 18.9 Å². The highest BCUT2D eigenvalue weighted by Gasteiger charge is 2.58. The third-order valence-corrected chi connectivity index (χ3v) is 6.70. The molecule has 11 heteroatoms. The highest BCUT2D eigenvalue weighted by atomic mass is 19.4. The molecular formula is C28H32F5NO5. The lowest BCUT2D eigenvalue weighted by Gasteiger charge is -2.43. The molecule has 1 N–H and O–H groups in total. The van der Waals surface area contributed by atoms with Gasteiger partial charge in [-0.2, -0.15) is 13.2 Å². The Balaban J connectivity index is 1.62. The average Bonchev–Trinajstić information content (AvgIpc) is 3.16. The van der Waals surface area contributed by atoms with Crippen LogP contribution in [-0.2, 0) is 43.1 Å². The van der Waals surface area contributed by atoms with Gasteiger partial charge in [-0.15, -0.1) is 0 Å². The number of carbonyl (C=O) groups is 1. The van der Waals surface area contributed by atoms with Crippen LogP contribution in [0.4, 0.5) is 22.0 Å². The van der Waals surface area contributed by atoms with E-state index in [1.54, 1.807) is 27.7 Å². The van der Waals surface area contributed by atoms with Gasteiger partial charge in [0, 0.05) is 18.9 Å². The van der Waals surface area contributed by atoms with Gasteiger partial charge in [0.2, 0.25) is 0 Å². The van der Waals surface area contributed by atoms with Gasteiger partial charge in [-0.25, -0.2) is 8.78 Å². The Morgan fingerprint density at radius 1 is 1.03 bits per heavy atom. The number of benzene rings is 2. The number of rotatable bonds is 8. The standard InChI is InChI=1S/C28H32F5NO5/c1-16(2)34-25(35)27(37-15-17-6-5-7-19(10-17)28(31,32)33)12-22(24-23(13-27)38-26(3,4)39-24)36-14-18-8-9-20(29)21(30)11-18/h5-11,16,22-24H,12-15H2,1-4H3,(H,34,35)/t22-,23+,24-,27+/m0/s1. The summed E-state index contributed by atoms with van der Waals surface area (Å²) in [6, 6.07) is 7.87. The second-order valence-electron chi connectivity index (χ2n) is 10.8. The van der Waals surface area contributed by atoms with Gasteiger partial charge in [0.25, 0.3) is 5.91 Å². The molecule has 1 saturated carbocycles. The molecule has 2 aromatic rings. The lowest BCUT2D eigenvalue weighted by molar-refractivity contribution is -0.184. The van der Waals surface area contributed by atoms with E-state index in [0.717, 1.165) is 24.3 Å². The number of amides is 1. The summed E-state index contributed by atoms with van der Waals surface area (Å²) >= 11 is 0. The Bertz CT molecular complexity index is 1190. The van der Waals surface area contributed by atoms with Crippen molar-refractivity contribution in [2.75, 3.05) is 0 Å². The van der Waals surface area contributed by atoms with Gasteiger partial charge in [-0.1, -0.05) is 18.2 Å². The molecule has 0 radical (unpaired) electrons. The number of alkyl halides is 3. The number of hydrogen-bond donors (Lipinski definition) is 1. The summed E-state index contributed by atoms with van der Waals surface area (Å²) in [6.07, 6.45) is -6.46. The molecule has 1 aliphatic carbocycles. The van der Waals surface area contributed by atoms with Crippen molar-refractivity contribution in [1.82, 2.24) is 5.32 Å². The number of halogens is 5. The quantitative estimate of drug-likeness (QED) is 0.425. The Kier molecular flexibility index (Phi) is 8.37. The summed E-state index contributed by atoms with van der Waals surface area (Å²) in [5.41, 5.74) is -1.74. The van der Waals surface area contributed by atoms with Crippen LogP contribution in [0.5, 0.6) is 0 Å². The second-order valence-corrected chi connectivity index (χ2v) is 10.8. The van der Waals surface area contributed by atoms with Gasteiger partial charge in [-0.3, -0.25) is 4.79 Å². The highest BCUT2D eigenvalue weighted by molar-refractivity contribution is 5.85. The predicted molar refractivity (Wildman–Crippen MR) is 130 cm³/mol. The summed E-state index contributed by atoms with van der Waals surface area (Å²) in [5.74, 6) is -3.46. The summed E-state index contributed by atoms with van der Waals surface area (Å²) in [6.45, 7) is 6.62. The first-order valence-corrected chi connectivity index (χ1v) is 12.7. The molecule has 2 aliphatic rings. The van der Waals surface area contributed by atoms with Crippen LogP contribution in [0.3, 0.4) is 0 Å². The zero-order valence-electron chi connectivity index (χ0n) is 22.1. The molecule has 6 nitrogen and oxygen atoms in total. The average molecular weight is 558 g/mol. The van der Waals surface area contributed by atoms with Crippen molar-refractivity contribution >= 4 is 5.91 Å². The third kappa shape index (κ3) is 6.95. The fourth-order valence-electron chi connectivity index (χ4n) is 4.99. The summed E-state index contributed by atoms with van der Waals surface area (Å²) < 4.78 is 91.3. The van der Waals surface area contributed by atoms with Gasteiger partial charge in [0.05, 0.1) is 31.0 Å². The fraction of sp³-hybridized carbons (Fsp3) is 0.536. The van der Waals surface area contributed by atoms with E-state index in [1.807, 2.05) is 0 Å². The van der Waals surface area contributed by atoms with Crippen LogP contribution in [0.15, 0.2) is 42.5 Å². The first kappa shape index (κ1) is 29.4. The van der Waals surface area contributed by atoms with Crippen molar-refractivity contribution in [3.63, 3.8) is 0 Å². The molecule has 214 valence electrons. The minimum atomic E-state index is -4.53. The molecule has 0 spiro atoms. The molecule has 1 heterocycles. The van der Waals surface area contributed by atoms with E-state index < -0.39 is 59.0 Å². The van der Waals surface area contributed by atoms with E-state index in [-0.39, 0.29) is 37.7 Å². The minimum Gasteiger partial charge on any atom is -0.371 e. The van der Waals surface area contributed by atoms with E-state index in [9.17, 15) is 26.7 Å². The van der Waals surface area contributed by atoms with Crippen molar-refractivity contribution < 1.29 is 45.7 Å². The SMILES string of the molecule is CC(C)NC(=O)[C@@]1(OCc2cccc(C(F)(F)F)c2)C[C@H](OCc2ccc(F)c(F)c2)[C@@H]2OC(C)(C)O[C@@H]2C1. The number of nitrogens with one attached hydrogen (secondary N) is 1. The summed E-state index contributed by atoms with van der Waals surface area (Å²) in [7, 11) is 0. The molecule has 0 bridgehead atoms. The molecule has 4 rings (SSSR count). The zero-order valence-corrected chi connectivity index (χ0v) is 22.1. The largest absolute Gasteiger partial charge is 0.416 e. The molecular weight excluding hydrogens is 525 g/mol. The van der Waals surface area contributed by atoms with Gasteiger partial charge in [0.1, 0.15) is 6.10 Å². The van der Waals surface area contributed by atoms with Crippen molar-refractivity contribution in [3.8, 4) is 0 Å². The van der Waals surface area contributed by atoms with Crippen LogP contribution in [0.2, 0.25) is 0 Å². The molecule has 4 atom stereocenters. The lowest BCUT2D eigenvalue weighted by Crippen LogP contribution is -2.60. The van der Waals surface area contributed by atoms with Crippen LogP contribution in [-0.4, -0.2) is 41.6 Å². The maximum absolute atomic E-state index is 13.8. The highest BCUT2D eigenvalue weighted by Crippen LogP contribution is 2.44. The minimum absolute atomic E-state index is 0.00516. The molecule has 0 aromatic heterocycles. The maximum Gasteiger partial charge on any atom is 0.416 e. The van der Waals surface area contributed by atoms with E-state index >= 15 is 0 Å². The van der Waals surface area contributed by atoms with Gasteiger partial charge < -0.3 is 24.3 Å². The summed E-state index contributed by atoms with van der Waals surface area (Å²) in [4.78, 5) is 13.6. The number of carbonyl (C=O) groups excluding carboxylic acids is 1. The Morgan fingerprint density at radius 2 is 1.74 bits per heavy atom. The molecule has 1 amide bonds. The van der Waals surface area contributed by atoms with Crippen LogP contribution < -0.4 is 5.32 Å². The first-order chi connectivity index (χ1) is 18.2. The lowest BCUT2D eigenvalue weighted by atomic mass is 9.78. The van der Waals surface area contributed by atoms with Crippen molar-refractivity contribution in [1.29, 1.82) is 0 Å². The smallest absolute Gasteiger partial charge is 0.371 e. The van der Waals surface area contributed by atoms with Gasteiger partial charge in [0.15, 0.2) is 23.0 Å². The molecule has 2 aromatic carbocycles. The fourth-order valence-corrected chi connectivity index (χ4v) is 4.99. The topological polar surface area (TPSA) is 66.0 Å². The van der Waals surface area contributed by atoms with Crippen molar-refractivity contribution in [3.05, 3.63) is 70.8 Å². The van der Waals surface area contributed by atoms with Crippen LogP contribution in [0, 0.1) is 11.6 Å². The van der Waals surface area contributed by atoms with E-state index in [2.05, 4.69) is 5.32 Å². The molecule has 2 fully saturated rings.